The summed E-state index contributed by atoms with van der Waals surface area (Å²) < 4.78 is 0. The number of benzene rings is 7. The summed E-state index contributed by atoms with van der Waals surface area (Å²) in [7, 11) is 2.41. The number of para-hydroxylation sites is 5. The van der Waals surface area contributed by atoms with Crippen LogP contribution in [0.4, 0.5) is 45.5 Å². The van der Waals surface area contributed by atoms with Gasteiger partial charge in [-0.25, -0.2) is 0 Å². The van der Waals surface area contributed by atoms with Gasteiger partial charge < -0.3 is 15.1 Å². The number of nitrogens with zero attached hydrogens (tertiary/aromatic N) is 3. The van der Waals surface area contributed by atoms with Crippen LogP contribution in [-0.2, 0) is 0 Å². The van der Waals surface area contributed by atoms with Gasteiger partial charge in [-0.1, -0.05) is 114 Å². The highest BCUT2D eigenvalue weighted by Gasteiger charge is 2.46. The highest BCUT2D eigenvalue weighted by Crippen LogP contribution is 2.46. The van der Waals surface area contributed by atoms with E-state index in [1.54, 1.807) is 0 Å². The summed E-state index contributed by atoms with van der Waals surface area (Å²) in [4.78, 5) is 9.30. The molecule has 6 heteroatoms. The second-order valence-electron chi connectivity index (χ2n) is 13.9. The Labute approximate surface area is 310 Å². The first-order valence-electron chi connectivity index (χ1n) is 18.2. The van der Waals surface area contributed by atoms with Crippen molar-refractivity contribution in [1.29, 1.82) is 0 Å². The number of hydrogen-bond donors (Lipinski definition) is 1. The highest BCUT2D eigenvalue weighted by atomic mass is 15.2. The van der Waals surface area contributed by atoms with Crippen LogP contribution < -0.4 is 42.4 Å². The molecular weight excluding hydrogens is 642 g/mol. The number of fused-ring (bicyclic) bond motifs is 7. The molecule has 1 N–H and O–H groups in total. The lowest BCUT2D eigenvalue weighted by molar-refractivity contribution is 1.26. The number of nitrogens with one attached hydrogen (secondary N) is 1. The average Bonchev–Trinajstić information content (AvgIpc) is 3.23. The van der Waals surface area contributed by atoms with Gasteiger partial charge in [-0.15, -0.1) is 0 Å². The van der Waals surface area contributed by atoms with Gasteiger partial charge in [-0.05, 0) is 99.8 Å². The number of pyridine rings is 1. The van der Waals surface area contributed by atoms with Crippen LogP contribution in [0.15, 0.2) is 182 Å². The van der Waals surface area contributed by atoms with E-state index in [2.05, 4.69) is 197 Å². The minimum atomic E-state index is 0.0751. The van der Waals surface area contributed by atoms with E-state index in [1.165, 1.54) is 61.3 Å². The Bertz CT molecular complexity index is 2690. The predicted octanol–water partition coefficient (Wildman–Crippen LogP) is 8.21. The van der Waals surface area contributed by atoms with E-state index in [9.17, 15) is 0 Å². The topological polar surface area (TPSA) is 31.4 Å². The van der Waals surface area contributed by atoms with Crippen molar-refractivity contribution >= 4 is 86.8 Å². The molecule has 4 heterocycles. The number of hydrogen-bond acceptors (Lipinski definition) is 4. The molecule has 0 bridgehead atoms. The van der Waals surface area contributed by atoms with Crippen LogP contribution >= 0.6 is 0 Å². The summed E-state index contributed by atoms with van der Waals surface area (Å²) in [6.45, 7) is 0.0751. The third-order valence-corrected chi connectivity index (χ3v) is 11.0. The highest BCUT2D eigenvalue weighted by molar-refractivity contribution is 7.01. The Morgan fingerprint density at radius 2 is 1.15 bits per heavy atom. The fourth-order valence-electron chi connectivity index (χ4n) is 8.72. The Hall–Kier alpha value is -6.78. The molecule has 3 aliphatic heterocycles. The van der Waals surface area contributed by atoms with Crippen LogP contribution in [0.1, 0.15) is 0 Å². The molecule has 3 aliphatic rings. The van der Waals surface area contributed by atoms with E-state index in [0.29, 0.717) is 0 Å². The zero-order chi connectivity index (χ0) is 34.9. The lowest BCUT2D eigenvalue weighted by atomic mass is 9.32. The molecule has 245 valence electrons. The molecule has 0 unspecified atom stereocenters. The molecular formula is C47H31B2N4. The van der Waals surface area contributed by atoms with Gasteiger partial charge in [0.2, 0.25) is 0 Å². The summed E-state index contributed by atoms with van der Waals surface area (Å²) in [5.74, 6) is 0. The predicted molar refractivity (Wildman–Crippen MR) is 224 cm³/mol. The van der Waals surface area contributed by atoms with E-state index >= 15 is 0 Å². The van der Waals surface area contributed by atoms with Gasteiger partial charge in [-0.3, -0.25) is 4.98 Å². The molecule has 8 aromatic rings. The van der Waals surface area contributed by atoms with Crippen LogP contribution in [0, 0.1) is 0 Å². The molecule has 0 fully saturated rings. The molecule has 0 spiro atoms. The Balaban J connectivity index is 1.25. The molecule has 11 rings (SSSR count). The first-order chi connectivity index (χ1) is 26.3. The molecule has 1 aromatic heterocycles. The maximum Gasteiger partial charge on any atom is 0.252 e. The summed E-state index contributed by atoms with van der Waals surface area (Å²) in [5.41, 5.74) is 20.3. The second kappa shape index (κ2) is 11.9. The van der Waals surface area contributed by atoms with Gasteiger partial charge in [0.15, 0.2) is 7.28 Å². The van der Waals surface area contributed by atoms with Crippen molar-refractivity contribution in [3.05, 3.63) is 182 Å². The quantitative estimate of drug-likeness (QED) is 0.187. The molecule has 0 saturated heterocycles. The van der Waals surface area contributed by atoms with E-state index < -0.39 is 0 Å². The maximum atomic E-state index is 4.29. The molecule has 7 aromatic carbocycles. The minimum Gasteiger partial charge on any atom is -0.355 e. The lowest BCUT2D eigenvalue weighted by Gasteiger charge is -2.47. The third kappa shape index (κ3) is 4.62. The van der Waals surface area contributed by atoms with E-state index in [0.717, 1.165) is 33.8 Å². The Morgan fingerprint density at radius 1 is 0.509 bits per heavy atom. The zero-order valence-corrected chi connectivity index (χ0v) is 28.8. The SMILES string of the molecule is [B]1c2ccccc2N2c3ccccc3B3c4ccccc4N(c4ccccc4)c4cc(-c5ccc(-c6ccncc6)cc5Nc5ccccc5)c1c2c43. The van der Waals surface area contributed by atoms with E-state index in [4.69, 9.17) is 0 Å². The number of anilines is 8. The van der Waals surface area contributed by atoms with Gasteiger partial charge in [0, 0.05) is 63.5 Å². The second-order valence-corrected chi connectivity index (χ2v) is 13.9. The standard InChI is InChI=1S/C47H31B2N4/c1-3-13-33(14-4-1)51-40-29-32(31-25-27-50-28-26-31)23-24-35(40)36-30-44-46-47-45(36)48-37-17-7-10-20-41(37)53(47)43-22-12-9-19-39(43)49(46)38-18-8-11-21-42(38)52(44)34-15-5-2-6-16-34/h1-30,51H. The van der Waals surface area contributed by atoms with Crippen LogP contribution in [0.5, 0.6) is 0 Å². The van der Waals surface area contributed by atoms with Gasteiger partial charge >= 0.3 is 0 Å². The van der Waals surface area contributed by atoms with Crippen molar-refractivity contribution in [2.24, 2.45) is 0 Å². The Kier molecular flexibility index (Phi) is 6.71. The van der Waals surface area contributed by atoms with Crippen LogP contribution in [0.3, 0.4) is 0 Å². The van der Waals surface area contributed by atoms with Crippen molar-refractivity contribution in [2.75, 3.05) is 15.1 Å². The van der Waals surface area contributed by atoms with Gasteiger partial charge in [-0.2, -0.15) is 0 Å². The summed E-state index contributed by atoms with van der Waals surface area (Å²) in [5, 5.41) is 3.84. The largest absolute Gasteiger partial charge is 0.355 e. The Morgan fingerprint density at radius 3 is 1.91 bits per heavy atom. The van der Waals surface area contributed by atoms with Gasteiger partial charge in [0.25, 0.3) is 6.71 Å². The molecule has 1 radical (unpaired) electrons. The van der Waals surface area contributed by atoms with Crippen molar-refractivity contribution < 1.29 is 0 Å². The fourth-order valence-corrected chi connectivity index (χ4v) is 8.72. The van der Waals surface area contributed by atoms with Crippen molar-refractivity contribution in [3.8, 4) is 22.3 Å². The van der Waals surface area contributed by atoms with E-state index in [1.807, 2.05) is 12.4 Å². The van der Waals surface area contributed by atoms with Crippen molar-refractivity contribution in [1.82, 2.24) is 4.98 Å². The van der Waals surface area contributed by atoms with Crippen molar-refractivity contribution in [2.45, 2.75) is 0 Å². The normalized spacial score (nSPS) is 12.9. The fraction of sp³-hybridized carbons (Fsp3) is 0. The van der Waals surface area contributed by atoms with Gasteiger partial charge in [0.05, 0.1) is 0 Å². The zero-order valence-electron chi connectivity index (χ0n) is 28.8. The molecule has 4 nitrogen and oxygen atoms in total. The van der Waals surface area contributed by atoms with E-state index in [-0.39, 0.29) is 6.71 Å². The average molecular weight is 673 g/mol. The maximum absolute atomic E-state index is 4.29. The minimum absolute atomic E-state index is 0.0751. The number of aromatic nitrogens is 1. The molecule has 0 saturated carbocycles. The van der Waals surface area contributed by atoms with Crippen LogP contribution in [0.25, 0.3) is 22.3 Å². The molecule has 53 heavy (non-hydrogen) atoms. The monoisotopic (exact) mass is 673 g/mol. The first kappa shape index (κ1) is 29.9. The van der Waals surface area contributed by atoms with Crippen LogP contribution in [-0.4, -0.2) is 19.0 Å². The summed E-state index contributed by atoms with van der Waals surface area (Å²) >= 11 is 0. The number of rotatable bonds is 5. The lowest BCUT2D eigenvalue weighted by Crippen LogP contribution is -2.64. The summed E-state index contributed by atoms with van der Waals surface area (Å²) in [6.07, 6.45) is 3.72. The molecule has 0 atom stereocenters. The third-order valence-electron chi connectivity index (χ3n) is 11.0. The molecule has 0 aliphatic carbocycles. The molecule has 0 amide bonds. The summed E-state index contributed by atoms with van der Waals surface area (Å²) in [6, 6.07) is 61.5. The van der Waals surface area contributed by atoms with Crippen LogP contribution in [0.2, 0.25) is 0 Å². The smallest absolute Gasteiger partial charge is 0.252 e. The van der Waals surface area contributed by atoms with Crippen molar-refractivity contribution in [3.63, 3.8) is 0 Å². The van der Waals surface area contributed by atoms with Gasteiger partial charge in [0.1, 0.15) is 0 Å². The first-order valence-corrected chi connectivity index (χ1v) is 18.2.